The Morgan fingerprint density at radius 2 is 2.19 bits per heavy atom. The van der Waals surface area contributed by atoms with Crippen molar-refractivity contribution in [2.24, 2.45) is 0 Å². The van der Waals surface area contributed by atoms with Gasteiger partial charge in [-0.2, -0.15) is 10.4 Å². The number of anilines is 1. The van der Waals surface area contributed by atoms with Crippen molar-refractivity contribution in [3.05, 3.63) is 52.3 Å². The maximum atomic E-state index is 12.3. The average Bonchev–Trinajstić information content (AvgIpc) is 2.93. The van der Waals surface area contributed by atoms with Crippen LogP contribution >= 0.6 is 15.9 Å². The lowest BCUT2D eigenvalue weighted by atomic mass is 10.2. The number of hydrogen-bond acceptors (Lipinski definition) is 4. The van der Waals surface area contributed by atoms with E-state index >= 15 is 0 Å². The van der Waals surface area contributed by atoms with Crippen LogP contribution in [0.15, 0.2) is 41.0 Å². The molecular weight excluding hydrogens is 334 g/mol. The number of amides is 1. The summed E-state index contributed by atoms with van der Waals surface area (Å²) in [6, 6.07) is 11.3. The average molecular weight is 342 g/mol. The minimum atomic E-state index is -0.423. The normalized spacial score (nSPS) is 10.3. The maximum absolute atomic E-state index is 12.3. The van der Waals surface area contributed by atoms with Crippen LogP contribution in [0.25, 0.3) is 10.9 Å². The summed E-state index contributed by atoms with van der Waals surface area (Å²) in [7, 11) is 0. The highest BCUT2D eigenvalue weighted by atomic mass is 79.9. The Kier molecular flexibility index (Phi) is 3.38. The van der Waals surface area contributed by atoms with Gasteiger partial charge >= 0.3 is 0 Å². The summed E-state index contributed by atoms with van der Waals surface area (Å²) in [5, 5.41) is 18.7. The molecule has 7 heteroatoms. The molecule has 0 fully saturated rings. The number of H-pyrrole nitrogens is 1. The smallest absolute Gasteiger partial charge is 0.276 e. The van der Waals surface area contributed by atoms with E-state index in [-0.39, 0.29) is 17.1 Å². The van der Waals surface area contributed by atoms with Gasteiger partial charge in [-0.05, 0) is 28.1 Å². The predicted octanol–water partition coefficient (Wildman–Crippen LogP) is 2.84. The highest BCUT2D eigenvalue weighted by Crippen LogP contribution is 2.22. The molecule has 0 spiro atoms. The minimum Gasteiger partial charge on any atom is -0.304 e. The van der Waals surface area contributed by atoms with Crippen LogP contribution in [0.4, 0.5) is 5.82 Å². The van der Waals surface area contributed by atoms with Crippen LogP contribution in [0.5, 0.6) is 0 Å². The van der Waals surface area contributed by atoms with Gasteiger partial charge in [0, 0.05) is 9.86 Å². The fourth-order valence-electron chi connectivity index (χ4n) is 1.89. The van der Waals surface area contributed by atoms with Crippen LogP contribution in [-0.4, -0.2) is 21.1 Å². The van der Waals surface area contributed by atoms with Gasteiger partial charge in [-0.15, -0.1) is 0 Å². The lowest BCUT2D eigenvalue weighted by Crippen LogP contribution is -2.15. The molecule has 1 aromatic carbocycles. The number of nitriles is 1. The van der Waals surface area contributed by atoms with E-state index in [2.05, 4.69) is 36.4 Å². The van der Waals surface area contributed by atoms with E-state index in [1.165, 1.54) is 6.20 Å². The summed E-state index contributed by atoms with van der Waals surface area (Å²) in [6.07, 6.45) is 1.35. The van der Waals surface area contributed by atoms with E-state index in [9.17, 15) is 4.79 Å². The third-order valence-corrected chi connectivity index (χ3v) is 3.50. The third kappa shape index (κ3) is 2.49. The number of benzene rings is 1. The molecule has 2 heterocycles. The summed E-state index contributed by atoms with van der Waals surface area (Å²) in [4.78, 5) is 16.6. The quantitative estimate of drug-likeness (QED) is 0.749. The molecule has 0 radical (unpaired) electrons. The van der Waals surface area contributed by atoms with Crippen molar-refractivity contribution in [2.75, 3.05) is 5.32 Å². The number of para-hydroxylation sites is 1. The molecule has 2 aromatic heterocycles. The molecule has 2 N–H and O–H groups in total. The standard InChI is InChI=1S/C14H8BrN5O/c15-10-5-8-3-1-2-4-11(8)18-12(10)14(21)19-13-9(6-16)7-17-20-13/h1-5,7H,(H2,17,19,20,21). The number of pyridine rings is 1. The number of carbonyl (C=O) groups is 1. The van der Waals surface area contributed by atoms with Crippen molar-refractivity contribution in [2.45, 2.75) is 0 Å². The lowest BCUT2D eigenvalue weighted by molar-refractivity contribution is 0.102. The zero-order valence-corrected chi connectivity index (χ0v) is 12.2. The number of hydrogen-bond donors (Lipinski definition) is 2. The first-order valence-corrected chi connectivity index (χ1v) is 6.78. The Morgan fingerprint density at radius 1 is 1.38 bits per heavy atom. The van der Waals surface area contributed by atoms with Crippen LogP contribution in [0.3, 0.4) is 0 Å². The van der Waals surface area contributed by atoms with E-state index in [0.29, 0.717) is 4.47 Å². The van der Waals surface area contributed by atoms with E-state index in [1.54, 1.807) is 0 Å². The van der Waals surface area contributed by atoms with E-state index in [1.807, 2.05) is 36.4 Å². The summed E-state index contributed by atoms with van der Waals surface area (Å²) in [5.74, 6) is -0.169. The van der Waals surface area contributed by atoms with Crippen LogP contribution in [-0.2, 0) is 0 Å². The van der Waals surface area contributed by atoms with Crippen molar-refractivity contribution in [1.29, 1.82) is 5.26 Å². The van der Waals surface area contributed by atoms with Crippen molar-refractivity contribution in [3.63, 3.8) is 0 Å². The van der Waals surface area contributed by atoms with Gasteiger partial charge in [0.15, 0.2) is 0 Å². The number of carbonyl (C=O) groups excluding carboxylic acids is 1. The zero-order valence-electron chi connectivity index (χ0n) is 10.6. The fourth-order valence-corrected chi connectivity index (χ4v) is 2.40. The second-order valence-electron chi connectivity index (χ2n) is 4.24. The van der Waals surface area contributed by atoms with Crippen molar-refractivity contribution < 1.29 is 4.79 Å². The fraction of sp³-hybridized carbons (Fsp3) is 0. The van der Waals surface area contributed by atoms with Crippen LogP contribution < -0.4 is 5.32 Å². The van der Waals surface area contributed by atoms with Crippen molar-refractivity contribution in [1.82, 2.24) is 15.2 Å². The SMILES string of the molecule is N#Cc1cn[nH]c1NC(=O)c1nc2ccccc2cc1Br. The van der Waals surface area contributed by atoms with E-state index < -0.39 is 5.91 Å². The lowest BCUT2D eigenvalue weighted by Gasteiger charge is -2.06. The van der Waals surface area contributed by atoms with E-state index in [4.69, 9.17) is 5.26 Å². The Hall–Kier alpha value is -2.72. The largest absolute Gasteiger partial charge is 0.304 e. The van der Waals surface area contributed by atoms with Gasteiger partial charge in [0.05, 0.1) is 11.7 Å². The van der Waals surface area contributed by atoms with Gasteiger partial charge in [0.25, 0.3) is 5.91 Å². The highest BCUT2D eigenvalue weighted by molar-refractivity contribution is 9.10. The second kappa shape index (κ2) is 5.34. The molecule has 6 nitrogen and oxygen atoms in total. The number of aromatic amines is 1. The van der Waals surface area contributed by atoms with Gasteiger partial charge in [0.1, 0.15) is 23.1 Å². The van der Waals surface area contributed by atoms with Crippen molar-refractivity contribution >= 4 is 38.6 Å². The first-order valence-electron chi connectivity index (χ1n) is 5.99. The van der Waals surface area contributed by atoms with Gasteiger partial charge in [-0.1, -0.05) is 18.2 Å². The predicted molar refractivity (Wildman–Crippen MR) is 80.7 cm³/mol. The van der Waals surface area contributed by atoms with Gasteiger partial charge < -0.3 is 5.32 Å². The molecule has 1 amide bonds. The van der Waals surface area contributed by atoms with Crippen molar-refractivity contribution in [3.8, 4) is 6.07 Å². The molecule has 3 aromatic rings. The Balaban J connectivity index is 1.98. The molecule has 21 heavy (non-hydrogen) atoms. The van der Waals surface area contributed by atoms with Gasteiger partial charge in [-0.3, -0.25) is 9.89 Å². The Labute approximate surface area is 127 Å². The third-order valence-electron chi connectivity index (χ3n) is 2.89. The molecule has 0 saturated heterocycles. The molecule has 0 aliphatic carbocycles. The van der Waals surface area contributed by atoms with E-state index in [0.717, 1.165) is 10.9 Å². The second-order valence-corrected chi connectivity index (χ2v) is 5.09. The number of aromatic nitrogens is 3. The summed E-state index contributed by atoms with van der Waals surface area (Å²) in [5.41, 5.74) is 1.23. The van der Waals surface area contributed by atoms with Gasteiger partial charge in [-0.25, -0.2) is 4.98 Å². The van der Waals surface area contributed by atoms with Gasteiger partial charge in [0.2, 0.25) is 0 Å². The minimum absolute atomic E-state index is 0.243. The number of fused-ring (bicyclic) bond motifs is 1. The Morgan fingerprint density at radius 3 is 3.00 bits per heavy atom. The summed E-state index contributed by atoms with van der Waals surface area (Å²) >= 11 is 3.34. The highest BCUT2D eigenvalue weighted by Gasteiger charge is 2.16. The number of nitrogens with zero attached hydrogens (tertiary/aromatic N) is 3. The van der Waals surface area contributed by atoms with Crippen LogP contribution in [0.2, 0.25) is 0 Å². The molecule has 0 saturated carbocycles. The summed E-state index contributed by atoms with van der Waals surface area (Å²) < 4.78 is 0.580. The molecule has 0 unspecified atom stereocenters. The first kappa shape index (κ1) is 13.3. The van der Waals surface area contributed by atoms with Crippen LogP contribution in [0, 0.1) is 11.3 Å². The molecule has 0 aliphatic heterocycles. The number of nitrogens with one attached hydrogen (secondary N) is 2. The topological polar surface area (TPSA) is 94.5 Å². The number of rotatable bonds is 2. The molecule has 102 valence electrons. The monoisotopic (exact) mass is 341 g/mol. The molecule has 0 aliphatic rings. The Bertz CT molecular complexity index is 880. The summed E-state index contributed by atoms with van der Waals surface area (Å²) in [6.45, 7) is 0. The molecule has 0 atom stereocenters. The molecule has 3 rings (SSSR count). The van der Waals surface area contributed by atoms with Crippen LogP contribution in [0.1, 0.15) is 16.1 Å². The number of halogens is 1. The molecular formula is C14H8BrN5O. The zero-order chi connectivity index (χ0) is 14.8. The molecule has 0 bridgehead atoms. The maximum Gasteiger partial charge on any atom is 0.276 e. The first-order chi connectivity index (χ1) is 10.2.